The van der Waals surface area contributed by atoms with Gasteiger partial charge in [0.1, 0.15) is 6.73 Å². The van der Waals surface area contributed by atoms with Crippen LogP contribution < -0.4 is 5.56 Å². The number of aromatic nitrogens is 2. The van der Waals surface area contributed by atoms with E-state index >= 15 is 0 Å². The summed E-state index contributed by atoms with van der Waals surface area (Å²) < 4.78 is 7.47. The molecule has 4 nitrogen and oxygen atoms in total. The first-order chi connectivity index (χ1) is 7.22. The molecule has 5 heteroatoms. The smallest absolute Gasteiger partial charge is 0.255 e. The molecule has 0 bridgehead atoms. The molecule has 1 aromatic heterocycles. The minimum Gasteiger partial charge on any atom is -0.361 e. The number of H-pyrrole nitrogens is 1. The molecule has 1 N–H and O–H groups in total. The van der Waals surface area contributed by atoms with Crippen LogP contribution in [0.1, 0.15) is 31.2 Å². The monoisotopic (exact) mass is 226 g/mol. The van der Waals surface area contributed by atoms with E-state index < -0.39 is 0 Å². The predicted molar refractivity (Wildman–Crippen MR) is 59.5 cm³/mol. The molecule has 15 heavy (non-hydrogen) atoms. The maximum Gasteiger partial charge on any atom is 0.255 e. The van der Waals surface area contributed by atoms with E-state index in [0.717, 1.165) is 18.4 Å². The van der Waals surface area contributed by atoms with Crippen molar-refractivity contribution in [1.82, 2.24) is 9.55 Å². The molecule has 1 aromatic rings. The number of nitrogens with zero attached hydrogens (tertiary/aromatic N) is 1. The van der Waals surface area contributed by atoms with Crippen molar-refractivity contribution in [2.24, 2.45) is 0 Å². The summed E-state index contributed by atoms with van der Waals surface area (Å²) >= 11 is 5.05. The fourth-order valence-corrected chi connectivity index (χ4v) is 1.70. The summed E-state index contributed by atoms with van der Waals surface area (Å²) in [6, 6.07) is 0. The molecule has 0 aliphatic heterocycles. The zero-order chi connectivity index (χ0) is 10.8. The van der Waals surface area contributed by atoms with E-state index in [4.69, 9.17) is 17.0 Å². The zero-order valence-corrected chi connectivity index (χ0v) is 9.47. The number of nitrogens with one attached hydrogen (secondary N) is 1. The van der Waals surface area contributed by atoms with Crippen LogP contribution in [0.3, 0.4) is 0 Å². The highest BCUT2D eigenvalue weighted by molar-refractivity contribution is 7.71. The molecule has 1 heterocycles. The van der Waals surface area contributed by atoms with Gasteiger partial charge < -0.3 is 9.30 Å². The van der Waals surface area contributed by atoms with Crippen molar-refractivity contribution < 1.29 is 4.74 Å². The molecule has 1 saturated carbocycles. The van der Waals surface area contributed by atoms with Crippen LogP contribution in [0.2, 0.25) is 0 Å². The largest absolute Gasteiger partial charge is 0.361 e. The third-order valence-electron chi connectivity index (χ3n) is 2.49. The SMILES string of the molecule is CCOCn1cc(C2CC2)c(=O)[nH]c1=S. The quantitative estimate of drug-likeness (QED) is 0.796. The van der Waals surface area contributed by atoms with Crippen LogP contribution in [0.15, 0.2) is 11.0 Å². The first-order valence-electron chi connectivity index (χ1n) is 5.13. The average Bonchev–Trinajstić information content (AvgIpc) is 3.00. The van der Waals surface area contributed by atoms with Crippen molar-refractivity contribution in [1.29, 1.82) is 0 Å². The van der Waals surface area contributed by atoms with Gasteiger partial charge in [-0.05, 0) is 37.9 Å². The minimum absolute atomic E-state index is 0.0461. The van der Waals surface area contributed by atoms with Gasteiger partial charge in [0.15, 0.2) is 4.77 Å². The van der Waals surface area contributed by atoms with Gasteiger partial charge in [-0.2, -0.15) is 0 Å². The predicted octanol–water partition coefficient (Wildman–Crippen LogP) is 1.78. The van der Waals surface area contributed by atoms with Crippen LogP contribution in [-0.2, 0) is 11.5 Å². The summed E-state index contributed by atoms with van der Waals surface area (Å²) in [7, 11) is 0. The third kappa shape index (κ3) is 2.35. The highest BCUT2D eigenvalue weighted by Crippen LogP contribution is 2.37. The van der Waals surface area contributed by atoms with Crippen molar-refractivity contribution >= 4 is 12.2 Å². The Balaban J connectivity index is 2.33. The number of ether oxygens (including phenoxy) is 1. The molecule has 0 saturated heterocycles. The Morgan fingerprint density at radius 1 is 1.67 bits per heavy atom. The summed E-state index contributed by atoms with van der Waals surface area (Å²) in [5.41, 5.74) is 0.790. The number of rotatable bonds is 4. The van der Waals surface area contributed by atoms with Gasteiger partial charge in [-0.1, -0.05) is 0 Å². The standard InChI is InChI=1S/C10H14N2O2S/c1-2-14-6-12-5-8(7-3-4-7)9(13)11-10(12)15/h5,7H,2-4,6H2,1H3,(H,11,13,15). The second-order valence-electron chi connectivity index (χ2n) is 3.71. The Hall–Kier alpha value is -0.940. The van der Waals surface area contributed by atoms with Gasteiger partial charge in [0.05, 0.1) is 0 Å². The van der Waals surface area contributed by atoms with Crippen LogP contribution in [0.5, 0.6) is 0 Å². The minimum atomic E-state index is -0.0461. The van der Waals surface area contributed by atoms with Gasteiger partial charge in [0, 0.05) is 18.4 Å². The van der Waals surface area contributed by atoms with Crippen molar-refractivity contribution in [2.75, 3.05) is 6.61 Å². The molecule has 1 aliphatic rings. The zero-order valence-electron chi connectivity index (χ0n) is 8.66. The van der Waals surface area contributed by atoms with E-state index in [-0.39, 0.29) is 5.56 Å². The molecule has 0 unspecified atom stereocenters. The van der Waals surface area contributed by atoms with Gasteiger partial charge in [-0.25, -0.2) is 0 Å². The molecule has 0 aromatic carbocycles. The number of hydrogen-bond donors (Lipinski definition) is 1. The summed E-state index contributed by atoms with van der Waals surface area (Å²) in [6.07, 6.45) is 4.04. The normalized spacial score (nSPS) is 15.5. The molecule has 1 aliphatic carbocycles. The van der Waals surface area contributed by atoms with E-state index in [1.54, 1.807) is 4.57 Å². The molecule has 82 valence electrons. The van der Waals surface area contributed by atoms with Gasteiger partial charge in [-0.15, -0.1) is 0 Å². The van der Waals surface area contributed by atoms with E-state index in [0.29, 0.717) is 24.0 Å². The van der Waals surface area contributed by atoms with E-state index in [1.807, 2.05) is 13.1 Å². The molecule has 0 spiro atoms. The van der Waals surface area contributed by atoms with Crippen molar-refractivity contribution in [3.05, 3.63) is 26.9 Å². The summed E-state index contributed by atoms with van der Waals surface area (Å²) in [4.78, 5) is 14.3. The lowest BCUT2D eigenvalue weighted by Crippen LogP contribution is -2.18. The molecule has 0 amide bonds. The number of aromatic amines is 1. The summed E-state index contributed by atoms with van der Waals surface area (Å²) in [6.45, 7) is 2.97. The molecular formula is C10H14N2O2S. The molecule has 0 atom stereocenters. The molecule has 1 fully saturated rings. The fourth-order valence-electron chi connectivity index (χ4n) is 1.50. The Bertz CT molecular complexity index is 459. The van der Waals surface area contributed by atoms with Crippen LogP contribution in [0, 0.1) is 4.77 Å². The molecule has 0 radical (unpaired) electrons. The Labute approximate surface area is 92.9 Å². The van der Waals surface area contributed by atoms with Crippen LogP contribution in [0.25, 0.3) is 0 Å². The van der Waals surface area contributed by atoms with Gasteiger partial charge in [0.25, 0.3) is 5.56 Å². The Morgan fingerprint density at radius 3 is 3.00 bits per heavy atom. The van der Waals surface area contributed by atoms with E-state index in [9.17, 15) is 4.79 Å². The summed E-state index contributed by atoms with van der Waals surface area (Å²) in [5.74, 6) is 0.428. The first kappa shape index (κ1) is 10.6. The second kappa shape index (κ2) is 4.28. The highest BCUT2D eigenvalue weighted by atomic mass is 32.1. The molecule has 2 rings (SSSR count). The second-order valence-corrected chi connectivity index (χ2v) is 4.10. The van der Waals surface area contributed by atoms with Crippen molar-refractivity contribution in [3.8, 4) is 0 Å². The lowest BCUT2D eigenvalue weighted by molar-refractivity contribution is 0.0854. The Morgan fingerprint density at radius 2 is 2.40 bits per heavy atom. The maximum atomic E-state index is 11.6. The maximum absolute atomic E-state index is 11.6. The fraction of sp³-hybridized carbons (Fsp3) is 0.600. The van der Waals surface area contributed by atoms with Crippen LogP contribution >= 0.6 is 12.2 Å². The van der Waals surface area contributed by atoms with Crippen molar-refractivity contribution in [3.63, 3.8) is 0 Å². The lowest BCUT2D eigenvalue weighted by Gasteiger charge is -2.08. The molecular weight excluding hydrogens is 212 g/mol. The summed E-state index contributed by atoms with van der Waals surface area (Å²) in [5, 5.41) is 0. The van der Waals surface area contributed by atoms with Gasteiger partial charge >= 0.3 is 0 Å². The van der Waals surface area contributed by atoms with Crippen molar-refractivity contribution in [2.45, 2.75) is 32.4 Å². The van der Waals surface area contributed by atoms with Crippen LogP contribution in [0.4, 0.5) is 0 Å². The van der Waals surface area contributed by atoms with Crippen LogP contribution in [-0.4, -0.2) is 16.2 Å². The first-order valence-corrected chi connectivity index (χ1v) is 5.54. The average molecular weight is 226 g/mol. The highest BCUT2D eigenvalue weighted by Gasteiger charge is 2.26. The lowest BCUT2D eigenvalue weighted by atomic mass is 10.2. The van der Waals surface area contributed by atoms with Gasteiger partial charge in [-0.3, -0.25) is 9.78 Å². The Kier molecular flexibility index (Phi) is 3.02. The van der Waals surface area contributed by atoms with Gasteiger partial charge in [0.2, 0.25) is 0 Å². The third-order valence-corrected chi connectivity index (χ3v) is 2.83. The van der Waals surface area contributed by atoms with E-state index in [2.05, 4.69) is 4.98 Å². The number of hydrogen-bond acceptors (Lipinski definition) is 3. The van der Waals surface area contributed by atoms with E-state index in [1.165, 1.54) is 0 Å². The topological polar surface area (TPSA) is 47.0 Å².